The van der Waals surface area contributed by atoms with Crippen LogP contribution in [0.5, 0.6) is 0 Å². The van der Waals surface area contributed by atoms with E-state index < -0.39 is 7.12 Å². The Morgan fingerprint density at radius 3 is 2.29 bits per heavy atom. The standard InChI is InChI=1S/C15H15BClNO3/c1-9-5-10(2)7-12(6-9)18-15(19)11-3-4-14(17)13(8-11)16(20)21/h3-8,20-21H,1-2H3,(H,18,19). The van der Waals surface area contributed by atoms with Crippen molar-refractivity contribution >= 4 is 35.8 Å². The van der Waals surface area contributed by atoms with E-state index in [-0.39, 0.29) is 16.4 Å². The van der Waals surface area contributed by atoms with Crippen molar-refractivity contribution in [3.05, 3.63) is 58.1 Å². The first-order chi connectivity index (χ1) is 9.86. The highest BCUT2D eigenvalue weighted by atomic mass is 35.5. The fourth-order valence-corrected chi connectivity index (χ4v) is 2.35. The molecule has 4 nitrogen and oxygen atoms in total. The minimum Gasteiger partial charge on any atom is -0.423 e. The molecule has 0 fully saturated rings. The molecule has 3 N–H and O–H groups in total. The highest BCUT2D eigenvalue weighted by molar-refractivity contribution is 6.62. The lowest BCUT2D eigenvalue weighted by molar-refractivity contribution is 0.102. The van der Waals surface area contributed by atoms with Gasteiger partial charge in [0, 0.05) is 21.7 Å². The van der Waals surface area contributed by atoms with Gasteiger partial charge in [-0.1, -0.05) is 17.7 Å². The second-order valence-corrected chi connectivity index (χ2v) is 5.35. The lowest BCUT2D eigenvalue weighted by atomic mass is 9.79. The van der Waals surface area contributed by atoms with E-state index in [1.54, 1.807) is 0 Å². The molecule has 0 aliphatic carbocycles. The topological polar surface area (TPSA) is 69.6 Å². The normalized spacial score (nSPS) is 10.3. The molecule has 2 rings (SSSR count). The number of rotatable bonds is 3. The Kier molecular flexibility index (Phi) is 4.68. The second-order valence-electron chi connectivity index (χ2n) is 4.94. The maximum absolute atomic E-state index is 12.2. The number of benzene rings is 2. The lowest BCUT2D eigenvalue weighted by Crippen LogP contribution is -2.32. The van der Waals surface area contributed by atoms with Crippen LogP contribution in [0.15, 0.2) is 36.4 Å². The number of carbonyl (C=O) groups is 1. The fourth-order valence-electron chi connectivity index (χ4n) is 2.13. The third-order valence-electron chi connectivity index (χ3n) is 3.02. The third-order valence-corrected chi connectivity index (χ3v) is 3.36. The molecule has 2 aromatic rings. The van der Waals surface area contributed by atoms with Crippen LogP contribution in [0.1, 0.15) is 21.5 Å². The van der Waals surface area contributed by atoms with Crippen LogP contribution in [0, 0.1) is 13.8 Å². The van der Waals surface area contributed by atoms with E-state index in [1.165, 1.54) is 18.2 Å². The van der Waals surface area contributed by atoms with E-state index >= 15 is 0 Å². The minimum atomic E-state index is -1.72. The first-order valence-electron chi connectivity index (χ1n) is 6.42. The van der Waals surface area contributed by atoms with Crippen molar-refractivity contribution in [3.8, 4) is 0 Å². The summed E-state index contributed by atoms with van der Waals surface area (Å²) in [6.45, 7) is 3.90. The van der Waals surface area contributed by atoms with Crippen molar-refractivity contribution in [2.24, 2.45) is 0 Å². The van der Waals surface area contributed by atoms with Crippen LogP contribution >= 0.6 is 11.6 Å². The Bertz CT molecular complexity index is 668. The van der Waals surface area contributed by atoms with Gasteiger partial charge in [-0.25, -0.2) is 0 Å². The number of carbonyl (C=O) groups excluding carboxylic acids is 1. The summed E-state index contributed by atoms with van der Waals surface area (Å²) in [6.07, 6.45) is 0. The van der Waals surface area contributed by atoms with Crippen molar-refractivity contribution in [3.63, 3.8) is 0 Å². The van der Waals surface area contributed by atoms with Crippen molar-refractivity contribution in [2.45, 2.75) is 13.8 Å². The van der Waals surface area contributed by atoms with E-state index in [0.717, 1.165) is 11.1 Å². The van der Waals surface area contributed by atoms with Gasteiger partial charge in [0.15, 0.2) is 0 Å². The molecule has 0 bridgehead atoms. The van der Waals surface area contributed by atoms with Gasteiger partial charge in [0.2, 0.25) is 0 Å². The summed E-state index contributed by atoms with van der Waals surface area (Å²) in [5, 5.41) is 21.4. The lowest BCUT2D eigenvalue weighted by Gasteiger charge is -2.09. The molecule has 0 unspecified atom stereocenters. The monoisotopic (exact) mass is 303 g/mol. The molecule has 0 aromatic heterocycles. The van der Waals surface area contributed by atoms with Gasteiger partial charge >= 0.3 is 7.12 Å². The summed E-state index contributed by atoms with van der Waals surface area (Å²) in [7, 11) is -1.72. The zero-order valence-electron chi connectivity index (χ0n) is 11.7. The van der Waals surface area contributed by atoms with Gasteiger partial charge in [-0.3, -0.25) is 4.79 Å². The van der Waals surface area contributed by atoms with Gasteiger partial charge in [-0.15, -0.1) is 0 Å². The molecule has 6 heteroatoms. The van der Waals surface area contributed by atoms with E-state index in [0.29, 0.717) is 11.3 Å². The minimum absolute atomic E-state index is 0.102. The van der Waals surface area contributed by atoms with Crippen LogP contribution < -0.4 is 10.8 Å². The molecule has 0 saturated carbocycles. The molecule has 21 heavy (non-hydrogen) atoms. The van der Waals surface area contributed by atoms with Crippen molar-refractivity contribution in [1.29, 1.82) is 0 Å². The molecule has 1 amide bonds. The molecule has 0 aliphatic heterocycles. The molecule has 0 spiro atoms. The van der Waals surface area contributed by atoms with E-state index in [4.69, 9.17) is 11.6 Å². The number of aryl methyl sites for hydroxylation is 2. The number of anilines is 1. The maximum atomic E-state index is 12.2. The Morgan fingerprint density at radius 1 is 1.10 bits per heavy atom. The van der Waals surface area contributed by atoms with E-state index in [1.807, 2.05) is 32.0 Å². The first kappa shape index (κ1) is 15.6. The van der Waals surface area contributed by atoms with E-state index in [9.17, 15) is 14.8 Å². The Hall–Kier alpha value is -1.82. The predicted molar refractivity (Wildman–Crippen MR) is 85.1 cm³/mol. The molecule has 0 radical (unpaired) electrons. The fraction of sp³-hybridized carbons (Fsp3) is 0.133. The number of hydrogen-bond donors (Lipinski definition) is 3. The highest BCUT2D eigenvalue weighted by Crippen LogP contribution is 2.15. The summed E-state index contributed by atoms with van der Waals surface area (Å²) in [4.78, 5) is 12.2. The smallest absolute Gasteiger partial charge is 0.423 e. The van der Waals surface area contributed by atoms with Gasteiger partial charge < -0.3 is 15.4 Å². The molecule has 108 valence electrons. The van der Waals surface area contributed by atoms with Crippen molar-refractivity contribution in [2.75, 3.05) is 5.32 Å². The van der Waals surface area contributed by atoms with Crippen LogP contribution in [0.4, 0.5) is 5.69 Å². The summed E-state index contributed by atoms with van der Waals surface area (Å²) in [5.41, 5.74) is 3.20. The van der Waals surface area contributed by atoms with Crippen LogP contribution in [0.2, 0.25) is 5.02 Å². The van der Waals surface area contributed by atoms with Crippen molar-refractivity contribution in [1.82, 2.24) is 0 Å². The SMILES string of the molecule is Cc1cc(C)cc(NC(=O)c2ccc(Cl)c(B(O)O)c2)c1. The predicted octanol–water partition coefficient (Wildman–Crippen LogP) is 1.89. The van der Waals surface area contributed by atoms with Gasteiger partial charge in [0.25, 0.3) is 5.91 Å². The quantitative estimate of drug-likeness (QED) is 0.758. The van der Waals surface area contributed by atoms with Gasteiger partial charge in [-0.05, 0) is 55.3 Å². The van der Waals surface area contributed by atoms with Crippen molar-refractivity contribution < 1.29 is 14.8 Å². The van der Waals surface area contributed by atoms with E-state index in [2.05, 4.69) is 5.32 Å². The molecule has 0 atom stereocenters. The van der Waals surface area contributed by atoms with Crippen LogP contribution in [0.3, 0.4) is 0 Å². The zero-order chi connectivity index (χ0) is 15.6. The Labute approximate surface area is 128 Å². The average molecular weight is 304 g/mol. The summed E-state index contributed by atoms with van der Waals surface area (Å²) < 4.78 is 0. The maximum Gasteiger partial charge on any atom is 0.489 e. The molecule has 2 aromatic carbocycles. The second kappa shape index (κ2) is 6.31. The molecule has 0 heterocycles. The number of hydrogen-bond acceptors (Lipinski definition) is 3. The number of halogens is 1. The van der Waals surface area contributed by atoms with Gasteiger partial charge in [-0.2, -0.15) is 0 Å². The molecule has 0 saturated heterocycles. The van der Waals surface area contributed by atoms with Gasteiger partial charge in [0.1, 0.15) is 0 Å². The summed E-state index contributed by atoms with van der Waals surface area (Å²) in [6, 6.07) is 10.1. The van der Waals surface area contributed by atoms with Gasteiger partial charge in [0.05, 0.1) is 0 Å². The van der Waals surface area contributed by atoms with Crippen LogP contribution in [-0.4, -0.2) is 23.1 Å². The number of amides is 1. The van der Waals surface area contributed by atoms with Crippen LogP contribution in [-0.2, 0) is 0 Å². The molecular weight excluding hydrogens is 288 g/mol. The zero-order valence-corrected chi connectivity index (χ0v) is 12.5. The third kappa shape index (κ3) is 3.85. The average Bonchev–Trinajstić information content (AvgIpc) is 2.37. The number of nitrogens with one attached hydrogen (secondary N) is 1. The molecular formula is C15H15BClNO3. The molecule has 0 aliphatic rings. The first-order valence-corrected chi connectivity index (χ1v) is 6.80. The Balaban J connectivity index is 2.26. The van der Waals surface area contributed by atoms with Crippen LogP contribution in [0.25, 0.3) is 0 Å². The largest absolute Gasteiger partial charge is 0.489 e. The highest BCUT2D eigenvalue weighted by Gasteiger charge is 2.17. The summed E-state index contributed by atoms with van der Waals surface area (Å²) >= 11 is 5.85. The Morgan fingerprint density at radius 2 is 1.71 bits per heavy atom. The summed E-state index contributed by atoms with van der Waals surface area (Å²) in [5.74, 6) is -0.335.